The molecule has 0 aromatic carbocycles. The third kappa shape index (κ3) is 3.51. The van der Waals surface area contributed by atoms with Crippen LogP contribution in [0, 0.1) is 0 Å². The average molecular weight is 311 g/mol. The number of hydrogen-bond acceptors (Lipinski definition) is 7. The minimum absolute atomic E-state index is 0.0274. The van der Waals surface area contributed by atoms with Gasteiger partial charge in [-0.1, -0.05) is 32.1 Å². The Morgan fingerprint density at radius 3 is 2.65 bits per heavy atom. The highest BCUT2D eigenvalue weighted by Gasteiger charge is 2.19. The largest absolute Gasteiger partial charge is 0.360 e. The van der Waals surface area contributed by atoms with Gasteiger partial charge in [0.15, 0.2) is 5.13 Å². The molecule has 0 aliphatic carbocycles. The van der Waals surface area contributed by atoms with Crippen LogP contribution in [0.25, 0.3) is 0 Å². The van der Waals surface area contributed by atoms with Gasteiger partial charge in [-0.3, -0.25) is 10.1 Å². The van der Waals surface area contributed by atoms with Gasteiger partial charge < -0.3 is 5.32 Å². The van der Waals surface area contributed by atoms with E-state index in [0.29, 0.717) is 15.3 Å². The first kappa shape index (κ1) is 14.9. The molecule has 2 aromatic heterocycles. The fraction of sp³-hybridized carbons (Fsp3) is 0.500. The van der Waals surface area contributed by atoms with Crippen molar-refractivity contribution in [1.82, 2.24) is 15.2 Å². The third-order valence-corrected chi connectivity index (χ3v) is 4.08. The lowest BCUT2D eigenvalue weighted by Crippen LogP contribution is -2.14. The summed E-state index contributed by atoms with van der Waals surface area (Å²) in [7, 11) is 0. The van der Waals surface area contributed by atoms with Crippen molar-refractivity contribution in [2.75, 3.05) is 17.2 Å². The minimum atomic E-state index is -0.276. The van der Waals surface area contributed by atoms with Crippen molar-refractivity contribution in [2.24, 2.45) is 0 Å². The Kier molecular flexibility index (Phi) is 4.34. The first-order valence-corrected chi connectivity index (χ1v) is 7.94. The number of carbonyl (C=O) groups is 1. The molecule has 2 N–H and O–H groups in total. The Bertz CT molecular complexity index is 599. The van der Waals surface area contributed by atoms with Gasteiger partial charge in [-0.2, -0.15) is 0 Å². The second kappa shape index (κ2) is 5.84. The molecule has 2 rings (SSSR count). The number of hydrogen-bond donors (Lipinski definition) is 2. The minimum Gasteiger partial charge on any atom is -0.360 e. The zero-order valence-corrected chi connectivity index (χ0v) is 13.5. The maximum Gasteiger partial charge on any atom is 0.288 e. The van der Waals surface area contributed by atoms with Gasteiger partial charge >= 0.3 is 0 Å². The zero-order chi connectivity index (χ0) is 14.8. The summed E-state index contributed by atoms with van der Waals surface area (Å²) in [5.74, 6) is -0.276. The number of rotatable bonds is 4. The van der Waals surface area contributed by atoms with Crippen molar-refractivity contribution < 1.29 is 4.79 Å². The predicted molar refractivity (Wildman–Crippen MR) is 82.8 cm³/mol. The summed E-state index contributed by atoms with van der Waals surface area (Å²) in [5.41, 5.74) is 0.934. The Morgan fingerprint density at radius 1 is 1.30 bits per heavy atom. The quantitative estimate of drug-likeness (QED) is 0.907. The van der Waals surface area contributed by atoms with Crippen molar-refractivity contribution in [3.8, 4) is 0 Å². The SMILES string of the molecule is CCNc1nnc(C(=O)Nc2nc(C(C)(C)C)cs2)s1. The molecule has 8 heteroatoms. The van der Waals surface area contributed by atoms with Crippen LogP contribution in [0.3, 0.4) is 0 Å². The molecule has 0 bridgehead atoms. The molecule has 0 aliphatic heterocycles. The summed E-state index contributed by atoms with van der Waals surface area (Å²) < 4.78 is 0. The van der Waals surface area contributed by atoms with E-state index in [1.54, 1.807) is 0 Å². The molecular weight excluding hydrogens is 294 g/mol. The van der Waals surface area contributed by atoms with Gasteiger partial charge in [0, 0.05) is 17.3 Å². The molecule has 2 heterocycles. The fourth-order valence-electron chi connectivity index (χ4n) is 1.36. The summed E-state index contributed by atoms with van der Waals surface area (Å²) >= 11 is 2.64. The van der Waals surface area contributed by atoms with E-state index in [1.165, 1.54) is 22.7 Å². The topological polar surface area (TPSA) is 79.8 Å². The van der Waals surface area contributed by atoms with E-state index in [2.05, 4.69) is 46.6 Å². The van der Waals surface area contributed by atoms with Gasteiger partial charge in [-0.25, -0.2) is 4.98 Å². The monoisotopic (exact) mass is 311 g/mol. The first-order valence-electron chi connectivity index (χ1n) is 6.25. The summed E-state index contributed by atoms with van der Waals surface area (Å²) in [5, 5.41) is 17.0. The van der Waals surface area contributed by atoms with E-state index in [0.717, 1.165) is 12.2 Å². The lowest BCUT2D eigenvalue weighted by atomic mass is 9.93. The van der Waals surface area contributed by atoms with Gasteiger partial charge in [0.05, 0.1) is 5.69 Å². The number of nitrogens with one attached hydrogen (secondary N) is 2. The van der Waals surface area contributed by atoms with Gasteiger partial charge in [0.1, 0.15) is 0 Å². The lowest BCUT2D eigenvalue weighted by molar-refractivity contribution is 0.102. The Labute approximate surface area is 125 Å². The zero-order valence-electron chi connectivity index (χ0n) is 11.9. The van der Waals surface area contributed by atoms with Crippen molar-refractivity contribution >= 4 is 38.8 Å². The molecule has 2 aromatic rings. The van der Waals surface area contributed by atoms with E-state index in [-0.39, 0.29) is 11.3 Å². The van der Waals surface area contributed by atoms with Crippen LogP contribution >= 0.6 is 22.7 Å². The standard InChI is InChI=1S/C12H17N5OS2/c1-5-13-10-17-16-9(20-10)8(18)15-11-14-7(6-19-11)12(2,3)4/h6H,5H2,1-4H3,(H,13,17)(H,14,15,18). The Hall–Kier alpha value is -1.54. The van der Waals surface area contributed by atoms with Crippen LogP contribution in [-0.2, 0) is 5.41 Å². The number of carbonyl (C=O) groups excluding carboxylic acids is 1. The van der Waals surface area contributed by atoms with Crippen LogP contribution in [0.1, 0.15) is 43.2 Å². The maximum absolute atomic E-state index is 12.0. The average Bonchev–Trinajstić information content (AvgIpc) is 2.97. The third-order valence-electron chi connectivity index (χ3n) is 2.44. The molecule has 108 valence electrons. The van der Waals surface area contributed by atoms with Gasteiger partial charge in [0.2, 0.25) is 10.1 Å². The number of anilines is 2. The Balaban J connectivity index is 2.05. The Morgan fingerprint density at radius 2 is 2.05 bits per heavy atom. The highest BCUT2D eigenvalue weighted by atomic mass is 32.1. The number of nitrogens with zero attached hydrogens (tertiary/aromatic N) is 3. The van der Waals surface area contributed by atoms with E-state index in [9.17, 15) is 4.79 Å². The van der Waals surface area contributed by atoms with Crippen molar-refractivity contribution in [1.29, 1.82) is 0 Å². The molecule has 0 spiro atoms. The van der Waals surface area contributed by atoms with Gasteiger partial charge in [-0.15, -0.1) is 21.5 Å². The number of aromatic nitrogens is 3. The van der Waals surface area contributed by atoms with E-state index < -0.39 is 0 Å². The second-order valence-electron chi connectivity index (χ2n) is 5.18. The highest BCUT2D eigenvalue weighted by Crippen LogP contribution is 2.26. The highest BCUT2D eigenvalue weighted by molar-refractivity contribution is 7.17. The first-order chi connectivity index (χ1) is 9.40. The van der Waals surface area contributed by atoms with E-state index >= 15 is 0 Å². The van der Waals surface area contributed by atoms with E-state index in [4.69, 9.17) is 0 Å². The van der Waals surface area contributed by atoms with Crippen LogP contribution in [0.15, 0.2) is 5.38 Å². The molecule has 0 radical (unpaired) electrons. The molecule has 0 fully saturated rings. The van der Waals surface area contributed by atoms with Crippen LogP contribution in [0.4, 0.5) is 10.3 Å². The van der Waals surface area contributed by atoms with Gasteiger partial charge in [-0.05, 0) is 6.92 Å². The number of amides is 1. The van der Waals surface area contributed by atoms with Crippen LogP contribution in [0.5, 0.6) is 0 Å². The molecule has 0 atom stereocenters. The molecule has 0 saturated carbocycles. The molecule has 0 aliphatic rings. The maximum atomic E-state index is 12.0. The summed E-state index contributed by atoms with van der Waals surface area (Å²) in [6.07, 6.45) is 0. The molecular formula is C12H17N5OS2. The molecule has 1 amide bonds. The van der Waals surface area contributed by atoms with Crippen molar-refractivity contribution in [2.45, 2.75) is 33.1 Å². The molecule has 20 heavy (non-hydrogen) atoms. The molecule has 0 saturated heterocycles. The summed E-state index contributed by atoms with van der Waals surface area (Å²) in [4.78, 5) is 16.4. The number of thiazole rings is 1. The fourth-order valence-corrected chi connectivity index (χ4v) is 3.00. The van der Waals surface area contributed by atoms with Crippen molar-refractivity contribution in [3.63, 3.8) is 0 Å². The smallest absolute Gasteiger partial charge is 0.288 e. The summed E-state index contributed by atoms with van der Waals surface area (Å²) in [6, 6.07) is 0. The van der Waals surface area contributed by atoms with Crippen LogP contribution in [-0.4, -0.2) is 27.6 Å². The van der Waals surface area contributed by atoms with Crippen LogP contribution in [0.2, 0.25) is 0 Å². The second-order valence-corrected chi connectivity index (χ2v) is 7.02. The lowest BCUT2D eigenvalue weighted by Gasteiger charge is -2.14. The van der Waals surface area contributed by atoms with E-state index in [1.807, 2.05) is 12.3 Å². The summed E-state index contributed by atoms with van der Waals surface area (Å²) in [6.45, 7) is 8.96. The normalized spacial score (nSPS) is 11.4. The van der Waals surface area contributed by atoms with Crippen molar-refractivity contribution in [3.05, 3.63) is 16.1 Å². The van der Waals surface area contributed by atoms with Gasteiger partial charge in [0.25, 0.3) is 5.91 Å². The molecule has 0 unspecified atom stereocenters. The molecule has 6 nitrogen and oxygen atoms in total. The predicted octanol–water partition coefficient (Wildman–Crippen LogP) is 2.98. The van der Waals surface area contributed by atoms with Crippen LogP contribution < -0.4 is 10.6 Å².